The van der Waals surface area contributed by atoms with Crippen molar-refractivity contribution in [1.29, 1.82) is 0 Å². The molecule has 0 spiro atoms. The first-order chi connectivity index (χ1) is 7.31. The van der Waals surface area contributed by atoms with E-state index in [1.54, 1.807) is 0 Å². The van der Waals surface area contributed by atoms with Gasteiger partial charge in [0.2, 0.25) is 0 Å². The molecular weight excluding hydrogens is 214 g/mol. The zero-order chi connectivity index (χ0) is 10.7. The maximum Gasteiger partial charge on any atom is 0.183 e. The minimum atomic E-state index is -0.0407. The highest BCUT2D eigenvalue weighted by atomic mass is 35.5. The van der Waals surface area contributed by atoms with Crippen LogP contribution in [0, 0.1) is 0 Å². The second kappa shape index (κ2) is 4.37. The van der Waals surface area contributed by atoms with Crippen LogP contribution in [0.3, 0.4) is 0 Å². The first-order valence-corrected chi connectivity index (χ1v) is 4.88. The van der Waals surface area contributed by atoms with Gasteiger partial charge in [0.05, 0.1) is 5.92 Å². The van der Waals surface area contributed by atoms with Crippen LogP contribution in [0.5, 0.6) is 0 Å². The molecule has 1 unspecified atom stereocenters. The maximum absolute atomic E-state index is 5.80. The van der Waals surface area contributed by atoms with Crippen molar-refractivity contribution in [2.75, 3.05) is 6.54 Å². The lowest BCUT2D eigenvalue weighted by atomic mass is 9.99. The van der Waals surface area contributed by atoms with Gasteiger partial charge in [0.25, 0.3) is 0 Å². The van der Waals surface area contributed by atoms with Gasteiger partial charge in [-0.1, -0.05) is 28.9 Å². The average Bonchev–Trinajstić information content (AvgIpc) is 2.75. The standard InChI is InChI=1S/C9H10ClN5/c10-7-3-1-6(2-4-7)8(5-11)9-12-14-15-13-9/h1-4,8H,5,11H2,(H,12,13,14,15). The van der Waals surface area contributed by atoms with Crippen molar-refractivity contribution < 1.29 is 0 Å². The second-order valence-electron chi connectivity index (χ2n) is 3.11. The Bertz CT molecular complexity index is 411. The van der Waals surface area contributed by atoms with E-state index in [4.69, 9.17) is 17.3 Å². The quantitative estimate of drug-likeness (QED) is 0.812. The van der Waals surface area contributed by atoms with Gasteiger partial charge in [-0.05, 0) is 17.7 Å². The molecule has 15 heavy (non-hydrogen) atoms. The number of rotatable bonds is 3. The van der Waals surface area contributed by atoms with Crippen molar-refractivity contribution in [2.24, 2.45) is 5.73 Å². The van der Waals surface area contributed by atoms with Crippen LogP contribution >= 0.6 is 11.6 Å². The topological polar surface area (TPSA) is 80.5 Å². The van der Waals surface area contributed by atoms with Gasteiger partial charge in [-0.2, -0.15) is 5.21 Å². The zero-order valence-corrected chi connectivity index (χ0v) is 8.65. The highest BCUT2D eigenvalue weighted by molar-refractivity contribution is 6.30. The van der Waals surface area contributed by atoms with E-state index < -0.39 is 0 Å². The van der Waals surface area contributed by atoms with Crippen LogP contribution in [0.2, 0.25) is 5.02 Å². The molecule has 0 fully saturated rings. The number of nitrogens with zero attached hydrogens (tertiary/aromatic N) is 3. The van der Waals surface area contributed by atoms with Gasteiger partial charge in [-0.15, -0.1) is 10.2 Å². The monoisotopic (exact) mass is 223 g/mol. The van der Waals surface area contributed by atoms with Gasteiger partial charge in [0, 0.05) is 11.6 Å². The molecule has 0 aliphatic heterocycles. The summed E-state index contributed by atoms with van der Waals surface area (Å²) in [7, 11) is 0. The van der Waals surface area contributed by atoms with Gasteiger partial charge >= 0.3 is 0 Å². The van der Waals surface area contributed by atoms with Crippen LogP contribution in [0.15, 0.2) is 24.3 Å². The molecule has 0 aliphatic rings. The van der Waals surface area contributed by atoms with Gasteiger partial charge in [0.15, 0.2) is 5.82 Å². The number of hydrogen-bond acceptors (Lipinski definition) is 4. The first-order valence-electron chi connectivity index (χ1n) is 4.50. The Morgan fingerprint density at radius 1 is 1.33 bits per heavy atom. The van der Waals surface area contributed by atoms with Crippen molar-refractivity contribution in [3.8, 4) is 0 Å². The number of aromatic amines is 1. The van der Waals surface area contributed by atoms with Crippen molar-refractivity contribution in [1.82, 2.24) is 20.6 Å². The summed E-state index contributed by atoms with van der Waals surface area (Å²) in [5.41, 5.74) is 6.71. The first kappa shape index (κ1) is 10.1. The van der Waals surface area contributed by atoms with Crippen molar-refractivity contribution in [3.05, 3.63) is 40.7 Å². The summed E-state index contributed by atoms with van der Waals surface area (Å²) in [4.78, 5) is 0. The normalized spacial score (nSPS) is 12.7. The summed E-state index contributed by atoms with van der Waals surface area (Å²) in [5.74, 6) is 0.556. The van der Waals surface area contributed by atoms with Gasteiger partial charge in [0.1, 0.15) is 0 Å². The summed E-state index contributed by atoms with van der Waals surface area (Å²) in [6.45, 7) is 0.432. The highest BCUT2D eigenvalue weighted by Crippen LogP contribution is 2.21. The second-order valence-corrected chi connectivity index (χ2v) is 3.55. The van der Waals surface area contributed by atoms with Crippen LogP contribution in [-0.4, -0.2) is 27.2 Å². The third-order valence-corrected chi connectivity index (χ3v) is 2.43. The van der Waals surface area contributed by atoms with Crippen molar-refractivity contribution >= 4 is 11.6 Å². The van der Waals surface area contributed by atoms with E-state index in [2.05, 4.69) is 20.6 Å². The predicted octanol–water partition coefficient (Wildman–Crippen LogP) is 0.944. The molecule has 0 saturated heterocycles. The number of hydrogen-bond donors (Lipinski definition) is 2. The molecule has 0 amide bonds. The van der Waals surface area contributed by atoms with Crippen LogP contribution in [-0.2, 0) is 0 Å². The van der Waals surface area contributed by atoms with Crippen LogP contribution in [0.1, 0.15) is 17.3 Å². The van der Waals surface area contributed by atoms with Crippen molar-refractivity contribution in [3.63, 3.8) is 0 Å². The lowest BCUT2D eigenvalue weighted by Crippen LogP contribution is -2.15. The number of H-pyrrole nitrogens is 1. The summed E-state index contributed by atoms with van der Waals surface area (Å²) in [5, 5.41) is 14.5. The smallest absolute Gasteiger partial charge is 0.183 e. The fraction of sp³-hybridized carbons (Fsp3) is 0.222. The molecule has 1 aromatic carbocycles. The molecule has 5 nitrogen and oxygen atoms in total. The lowest BCUT2D eigenvalue weighted by Gasteiger charge is -2.10. The summed E-state index contributed by atoms with van der Waals surface area (Å²) < 4.78 is 0. The Balaban J connectivity index is 2.31. The van der Waals surface area contributed by atoms with Crippen LogP contribution < -0.4 is 5.73 Å². The molecule has 6 heteroatoms. The van der Waals surface area contributed by atoms with E-state index in [1.807, 2.05) is 24.3 Å². The SMILES string of the molecule is NCC(c1ccc(Cl)cc1)c1nn[nH]n1. The Morgan fingerprint density at radius 3 is 2.60 bits per heavy atom. The van der Waals surface area contributed by atoms with E-state index in [9.17, 15) is 0 Å². The Hall–Kier alpha value is -1.46. The molecule has 0 aliphatic carbocycles. The Labute approximate surface area is 91.6 Å². The number of benzene rings is 1. The fourth-order valence-corrected chi connectivity index (χ4v) is 1.53. The van der Waals surface area contributed by atoms with E-state index in [0.717, 1.165) is 5.56 Å². The molecular formula is C9H10ClN5. The Morgan fingerprint density at radius 2 is 2.07 bits per heavy atom. The molecule has 2 rings (SSSR count). The number of tetrazole rings is 1. The van der Waals surface area contributed by atoms with Gasteiger partial charge in [-0.25, -0.2) is 0 Å². The predicted molar refractivity (Wildman–Crippen MR) is 56.5 cm³/mol. The fourth-order valence-electron chi connectivity index (χ4n) is 1.40. The molecule has 2 aromatic rings. The molecule has 78 valence electrons. The van der Waals surface area contributed by atoms with Crippen molar-refractivity contribution in [2.45, 2.75) is 5.92 Å². The molecule has 1 atom stereocenters. The molecule has 0 saturated carbocycles. The van der Waals surface area contributed by atoms with E-state index in [0.29, 0.717) is 17.4 Å². The van der Waals surface area contributed by atoms with E-state index >= 15 is 0 Å². The summed E-state index contributed by atoms with van der Waals surface area (Å²) in [6, 6.07) is 7.46. The number of nitrogens with two attached hydrogens (primary N) is 1. The maximum atomic E-state index is 5.80. The van der Waals surface area contributed by atoms with E-state index in [-0.39, 0.29) is 5.92 Å². The Kier molecular flexibility index (Phi) is 2.94. The zero-order valence-electron chi connectivity index (χ0n) is 7.89. The lowest BCUT2D eigenvalue weighted by molar-refractivity contribution is 0.753. The van der Waals surface area contributed by atoms with Crippen LogP contribution in [0.4, 0.5) is 0 Å². The molecule has 0 bridgehead atoms. The highest BCUT2D eigenvalue weighted by Gasteiger charge is 2.16. The van der Waals surface area contributed by atoms with E-state index in [1.165, 1.54) is 0 Å². The third-order valence-electron chi connectivity index (χ3n) is 2.18. The number of aromatic nitrogens is 4. The van der Waals surface area contributed by atoms with Gasteiger partial charge in [-0.3, -0.25) is 0 Å². The molecule has 1 heterocycles. The average molecular weight is 224 g/mol. The summed E-state index contributed by atoms with van der Waals surface area (Å²) in [6.07, 6.45) is 0. The molecule has 3 N–H and O–H groups in total. The summed E-state index contributed by atoms with van der Waals surface area (Å²) >= 11 is 5.80. The number of nitrogens with one attached hydrogen (secondary N) is 1. The number of halogens is 1. The molecule has 0 radical (unpaired) electrons. The minimum absolute atomic E-state index is 0.0407. The molecule has 1 aromatic heterocycles. The van der Waals surface area contributed by atoms with Crippen LogP contribution in [0.25, 0.3) is 0 Å². The third kappa shape index (κ3) is 2.14. The van der Waals surface area contributed by atoms with Gasteiger partial charge < -0.3 is 5.73 Å². The largest absolute Gasteiger partial charge is 0.329 e. The minimum Gasteiger partial charge on any atom is -0.329 e.